The van der Waals surface area contributed by atoms with Crippen molar-refractivity contribution in [3.8, 4) is 11.4 Å². The van der Waals surface area contributed by atoms with Gasteiger partial charge in [0.05, 0.1) is 6.42 Å². The van der Waals surface area contributed by atoms with Gasteiger partial charge in [-0.1, -0.05) is 23.4 Å². The lowest BCUT2D eigenvalue weighted by Gasteiger charge is -2.13. The second kappa shape index (κ2) is 8.57. The highest BCUT2D eigenvalue weighted by Gasteiger charge is 2.13. The maximum Gasteiger partial charge on any atom is 0.255 e. The van der Waals surface area contributed by atoms with Gasteiger partial charge in [0.2, 0.25) is 11.7 Å². The van der Waals surface area contributed by atoms with Crippen molar-refractivity contribution in [2.45, 2.75) is 6.42 Å². The molecule has 0 saturated carbocycles. The minimum absolute atomic E-state index is 0.171. The Bertz CT molecular complexity index is 1140. The van der Waals surface area contributed by atoms with Crippen LogP contribution in [-0.2, 0) is 6.42 Å². The van der Waals surface area contributed by atoms with Crippen molar-refractivity contribution >= 4 is 17.3 Å². The Balaban J connectivity index is 1.50. The van der Waals surface area contributed by atoms with Gasteiger partial charge in [-0.05, 0) is 48.0 Å². The lowest BCUT2D eigenvalue weighted by atomic mass is 10.1. The number of pyridine rings is 1. The molecular weight excluding hydrogens is 378 g/mol. The monoisotopic (exact) mass is 399 g/mol. The summed E-state index contributed by atoms with van der Waals surface area (Å²) >= 11 is 0. The molecule has 30 heavy (non-hydrogen) atoms. The third-order valence-electron chi connectivity index (χ3n) is 4.66. The summed E-state index contributed by atoms with van der Waals surface area (Å²) in [5.74, 6) is 0.810. The molecule has 0 spiro atoms. The number of carbonyl (C=O) groups excluding carboxylic acids is 1. The predicted molar refractivity (Wildman–Crippen MR) is 115 cm³/mol. The number of nitrogens with one attached hydrogen (secondary N) is 1. The van der Waals surface area contributed by atoms with Gasteiger partial charge in [0.15, 0.2) is 0 Å². The van der Waals surface area contributed by atoms with E-state index >= 15 is 0 Å². The molecule has 1 amide bonds. The zero-order valence-electron chi connectivity index (χ0n) is 16.7. The Morgan fingerprint density at radius 2 is 1.73 bits per heavy atom. The first-order valence-electron chi connectivity index (χ1n) is 9.50. The Morgan fingerprint density at radius 1 is 1.00 bits per heavy atom. The first-order chi connectivity index (χ1) is 14.6. The highest BCUT2D eigenvalue weighted by atomic mass is 16.5. The summed E-state index contributed by atoms with van der Waals surface area (Å²) in [6.07, 6.45) is 3.77. The average Bonchev–Trinajstić information content (AvgIpc) is 3.24. The van der Waals surface area contributed by atoms with Gasteiger partial charge in [0, 0.05) is 49.0 Å². The van der Waals surface area contributed by atoms with Gasteiger partial charge in [0.1, 0.15) is 0 Å². The molecule has 4 rings (SSSR count). The summed E-state index contributed by atoms with van der Waals surface area (Å²) < 4.78 is 5.40. The molecule has 7 heteroatoms. The zero-order valence-corrected chi connectivity index (χ0v) is 16.7. The second-order valence-corrected chi connectivity index (χ2v) is 6.98. The van der Waals surface area contributed by atoms with Crippen LogP contribution in [0.2, 0.25) is 0 Å². The van der Waals surface area contributed by atoms with E-state index in [0.717, 1.165) is 16.8 Å². The number of rotatable bonds is 6. The van der Waals surface area contributed by atoms with Crippen LogP contribution in [0.1, 0.15) is 21.8 Å². The largest absolute Gasteiger partial charge is 0.378 e. The third-order valence-corrected chi connectivity index (χ3v) is 4.66. The van der Waals surface area contributed by atoms with E-state index in [1.165, 1.54) is 0 Å². The van der Waals surface area contributed by atoms with E-state index in [1.807, 2.05) is 79.7 Å². The van der Waals surface area contributed by atoms with Crippen LogP contribution in [0.15, 0.2) is 77.6 Å². The molecule has 0 bridgehead atoms. The summed E-state index contributed by atoms with van der Waals surface area (Å²) in [6.45, 7) is 0. The predicted octanol–water partition coefficient (Wildman–Crippen LogP) is 4.04. The first kappa shape index (κ1) is 19.3. The fraction of sp³-hybridized carbons (Fsp3) is 0.130. The van der Waals surface area contributed by atoms with Gasteiger partial charge in [-0.3, -0.25) is 9.78 Å². The second-order valence-electron chi connectivity index (χ2n) is 6.98. The number of nitrogens with zero attached hydrogens (tertiary/aromatic N) is 4. The summed E-state index contributed by atoms with van der Waals surface area (Å²) in [4.78, 5) is 23.1. The summed E-state index contributed by atoms with van der Waals surface area (Å²) in [6, 6.07) is 18.7. The molecule has 0 fully saturated rings. The standard InChI is InChI=1S/C23H21N5O2/c1-28(2)19-9-7-17(8-10-19)23(29)25-20-6-4-3-5-18(20)15-21-26-22(27-30-21)16-11-13-24-14-12-16/h3-14H,15H2,1-2H3,(H,25,29). The van der Waals surface area contributed by atoms with Gasteiger partial charge in [-0.2, -0.15) is 4.98 Å². The van der Waals surface area contributed by atoms with Crippen LogP contribution in [0.3, 0.4) is 0 Å². The molecule has 0 aliphatic carbocycles. The van der Waals surface area contributed by atoms with Crippen molar-refractivity contribution in [3.05, 3.63) is 90.1 Å². The summed E-state index contributed by atoms with van der Waals surface area (Å²) in [5, 5.41) is 7.02. The maximum absolute atomic E-state index is 12.7. The smallest absolute Gasteiger partial charge is 0.255 e. The quantitative estimate of drug-likeness (QED) is 0.527. The molecule has 0 saturated heterocycles. The van der Waals surface area contributed by atoms with Gasteiger partial charge < -0.3 is 14.7 Å². The van der Waals surface area contributed by atoms with Gasteiger partial charge >= 0.3 is 0 Å². The average molecular weight is 399 g/mol. The molecule has 0 aliphatic rings. The van der Waals surface area contributed by atoms with Crippen LogP contribution in [0.5, 0.6) is 0 Å². The molecule has 0 atom stereocenters. The molecule has 0 unspecified atom stereocenters. The molecule has 2 aromatic heterocycles. The summed E-state index contributed by atoms with van der Waals surface area (Å²) in [7, 11) is 3.92. The van der Waals surface area contributed by atoms with Crippen molar-refractivity contribution in [2.75, 3.05) is 24.3 Å². The van der Waals surface area contributed by atoms with Crippen LogP contribution in [0.4, 0.5) is 11.4 Å². The third kappa shape index (κ3) is 4.35. The summed E-state index contributed by atoms with van der Waals surface area (Å²) in [5.41, 5.74) is 4.06. The Kier molecular flexibility index (Phi) is 5.52. The molecule has 4 aromatic rings. The minimum atomic E-state index is -0.171. The topological polar surface area (TPSA) is 84.2 Å². The van der Waals surface area contributed by atoms with Gasteiger partial charge in [0.25, 0.3) is 5.91 Å². The fourth-order valence-electron chi connectivity index (χ4n) is 3.01. The van der Waals surface area contributed by atoms with Crippen molar-refractivity contribution < 1.29 is 9.32 Å². The van der Waals surface area contributed by atoms with Crippen molar-refractivity contribution in [1.29, 1.82) is 0 Å². The van der Waals surface area contributed by atoms with E-state index < -0.39 is 0 Å². The number of para-hydroxylation sites is 1. The number of aromatic nitrogens is 3. The highest BCUT2D eigenvalue weighted by Crippen LogP contribution is 2.22. The molecule has 2 heterocycles. The van der Waals surface area contributed by atoms with E-state index in [9.17, 15) is 4.79 Å². The van der Waals surface area contributed by atoms with Crippen molar-refractivity contribution in [1.82, 2.24) is 15.1 Å². The Labute approximate surface area is 174 Å². The van der Waals surface area contributed by atoms with Crippen LogP contribution >= 0.6 is 0 Å². The zero-order chi connectivity index (χ0) is 20.9. The number of hydrogen-bond acceptors (Lipinski definition) is 6. The number of benzene rings is 2. The first-order valence-corrected chi connectivity index (χ1v) is 9.50. The van der Waals surface area contributed by atoms with Crippen LogP contribution < -0.4 is 10.2 Å². The van der Waals surface area contributed by atoms with Crippen LogP contribution in [0, 0.1) is 0 Å². The number of hydrogen-bond donors (Lipinski definition) is 1. The Morgan fingerprint density at radius 3 is 2.47 bits per heavy atom. The number of amides is 1. The van der Waals surface area contributed by atoms with Crippen LogP contribution in [0.25, 0.3) is 11.4 Å². The molecular formula is C23H21N5O2. The minimum Gasteiger partial charge on any atom is -0.378 e. The van der Waals surface area contributed by atoms with Gasteiger partial charge in [-0.15, -0.1) is 0 Å². The lowest BCUT2D eigenvalue weighted by Crippen LogP contribution is -2.14. The van der Waals surface area contributed by atoms with E-state index in [2.05, 4.69) is 20.4 Å². The lowest BCUT2D eigenvalue weighted by molar-refractivity contribution is 0.102. The van der Waals surface area contributed by atoms with E-state index in [0.29, 0.717) is 29.4 Å². The molecule has 7 nitrogen and oxygen atoms in total. The van der Waals surface area contributed by atoms with E-state index in [1.54, 1.807) is 12.4 Å². The van der Waals surface area contributed by atoms with Crippen molar-refractivity contribution in [2.24, 2.45) is 0 Å². The molecule has 150 valence electrons. The Hall–Kier alpha value is -4.00. The van der Waals surface area contributed by atoms with Gasteiger partial charge in [-0.25, -0.2) is 0 Å². The fourth-order valence-corrected chi connectivity index (χ4v) is 3.01. The van der Waals surface area contributed by atoms with Crippen LogP contribution in [-0.4, -0.2) is 35.1 Å². The number of anilines is 2. The van der Waals surface area contributed by atoms with Crippen molar-refractivity contribution in [3.63, 3.8) is 0 Å². The maximum atomic E-state index is 12.7. The molecule has 2 aromatic carbocycles. The molecule has 0 radical (unpaired) electrons. The van der Waals surface area contributed by atoms with E-state index in [4.69, 9.17) is 4.52 Å². The SMILES string of the molecule is CN(C)c1ccc(C(=O)Nc2ccccc2Cc2nc(-c3ccncc3)no2)cc1. The molecule has 0 aliphatic heterocycles. The van der Waals surface area contributed by atoms with E-state index in [-0.39, 0.29) is 5.91 Å². The molecule has 1 N–H and O–H groups in total. The number of carbonyl (C=O) groups is 1. The normalized spacial score (nSPS) is 10.6. The highest BCUT2D eigenvalue weighted by molar-refractivity contribution is 6.04.